The molecule has 0 fully saturated rings. The number of aliphatic hydroxyl groups excluding tert-OH is 1. The summed E-state index contributed by atoms with van der Waals surface area (Å²) >= 11 is 0. The molecular formula is C17H22N2O2. The van der Waals surface area contributed by atoms with E-state index in [4.69, 9.17) is 10.5 Å². The molecule has 0 aliphatic heterocycles. The van der Waals surface area contributed by atoms with Crippen LogP contribution in [0.5, 0.6) is 5.75 Å². The second-order valence-corrected chi connectivity index (χ2v) is 5.13. The molecular weight excluding hydrogens is 264 g/mol. The fraction of sp³-hybridized carbons (Fsp3) is 0.294. The number of aliphatic hydroxyl groups is 1. The van der Waals surface area contributed by atoms with E-state index in [0.717, 1.165) is 11.3 Å². The normalized spacial score (nSPS) is 13.5. The number of ether oxygens (including phenoxy) is 1. The number of hydrogen-bond acceptors (Lipinski definition) is 4. The van der Waals surface area contributed by atoms with E-state index >= 15 is 0 Å². The fourth-order valence-electron chi connectivity index (χ4n) is 2.24. The maximum atomic E-state index is 9.83. The minimum atomic E-state index is -0.611. The van der Waals surface area contributed by atoms with Gasteiger partial charge in [0.25, 0.3) is 0 Å². The third-order valence-electron chi connectivity index (χ3n) is 3.50. The predicted molar refractivity (Wildman–Crippen MR) is 86.5 cm³/mol. The molecule has 4 nitrogen and oxygen atoms in total. The Morgan fingerprint density at radius 2 is 1.86 bits per heavy atom. The van der Waals surface area contributed by atoms with Crippen LogP contribution in [-0.4, -0.2) is 18.3 Å². The molecule has 4 heteroatoms. The van der Waals surface area contributed by atoms with Crippen LogP contribution >= 0.6 is 0 Å². The van der Waals surface area contributed by atoms with Crippen LogP contribution in [0, 0.1) is 0 Å². The van der Waals surface area contributed by atoms with Crippen molar-refractivity contribution in [2.75, 3.05) is 24.3 Å². The Labute approximate surface area is 125 Å². The van der Waals surface area contributed by atoms with Gasteiger partial charge in [0, 0.05) is 0 Å². The highest BCUT2D eigenvalue weighted by Crippen LogP contribution is 2.34. The standard InChI is InChI=1S/C17H22N2O2/c1-3-21-15-11-7-10-14(16(15)18)19-17(2,12-20)13-8-5-4-6-9-13/h4-11,19-20H,3,12,18H2,1-2H3. The maximum absolute atomic E-state index is 9.83. The quantitative estimate of drug-likeness (QED) is 0.714. The van der Waals surface area contributed by atoms with Crippen LogP contribution in [0.1, 0.15) is 19.4 Å². The average Bonchev–Trinajstić information content (AvgIpc) is 2.52. The van der Waals surface area contributed by atoms with Gasteiger partial charge in [-0.15, -0.1) is 0 Å². The lowest BCUT2D eigenvalue weighted by Crippen LogP contribution is -2.36. The van der Waals surface area contributed by atoms with Gasteiger partial charge < -0.3 is 20.9 Å². The smallest absolute Gasteiger partial charge is 0.144 e. The number of nitrogens with one attached hydrogen (secondary N) is 1. The predicted octanol–water partition coefficient (Wildman–Crippen LogP) is 2.99. The van der Waals surface area contributed by atoms with Gasteiger partial charge in [0.15, 0.2) is 0 Å². The summed E-state index contributed by atoms with van der Waals surface area (Å²) in [6, 6.07) is 15.4. The monoisotopic (exact) mass is 286 g/mol. The summed E-state index contributed by atoms with van der Waals surface area (Å²) in [5.41, 5.74) is 7.83. The lowest BCUT2D eigenvalue weighted by Gasteiger charge is -2.31. The minimum absolute atomic E-state index is 0.0463. The third kappa shape index (κ3) is 3.28. The molecule has 0 spiro atoms. The molecule has 21 heavy (non-hydrogen) atoms. The lowest BCUT2D eigenvalue weighted by atomic mass is 9.92. The molecule has 1 unspecified atom stereocenters. The Morgan fingerprint density at radius 3 is 2.48 bits per heavy atom. The zero-order valence-electron chi connectivity index (χ0n) is 12.5. The Kier molecular flexibility index (Phi) is 4.70. The molecule has 0 heterocycles. The van der Waals surface area contributed by atoms with E-state index in [1.54, 1.807) is 0 Å². The van der Waals surface area contributed by atoms with E-state index in [1.165, 1.54) is 0 Å². The van der Waals surface area contributed by atoms with E-state index in [0.29, 0.717) is 18.0 Å². The molecule has 0 amide bonds. The number of anilines is 2. The van der Waals surface area contributed by atoms with Crippen molar-refractivity contribution in [1.29, 1.82) is 0 Å². The topological polar surface area (TPSA) is 67.5 Å². The number of para-hydroxylation sites is 1. The molecule has 112 valence electrons. The SMILES string of the molecule is CCOc1cccc(NC(C)(CO)c2ccccc2)c1N. The molecule has 2 aromatic carbocycles. The maximum Gasteiger partial charge on any atom is 0.144 e. The van der Waals surface area contributed by atoms with Gasteiger partial charge in [0.2, 0.25) is 0 Å². The summed E-state index contributed by atoms with van der Waals surface area (Å²) in [7, 11) is 0. The summed E-state index contributed by atoms with van der Waals surface area (Å²) in [5, 5.41) is 13.2. The summed E-state index contributed by atoms with van der Waals surface area (Å²) in [4.78, 5) is 0. The van der Waals surface area contributed by atoms with Crippen LogP contribution in [-0.2, 0) is 5.54 Å². The van der Waals surface area contributed by atoms with Gasteiger partial charge in [-0.1, -0.05) is 36.4 Å². The minimum Gasteiger partial charge on any atom is -0.492 e. The fourth-order valence-corrected chi connectivity index (χ4v) is 2.24. The number of nitrogens with two attached hydrogens (primary N) is 1. The zero-order valence-corrected chi connectivity index (χ0v) is 12.5. The van der Waals surface area contributed by atoms with Gasteiger partial charge >= 0.3 is 0 Å². The molecule has 0 saturated carbocycles. The second kappa shape index (κ2) is 6.50. The Balaban J connectivity index is 2.33. The third-order valence-corrected chi connectivity index (χ3v) is 3.50. The first-order valence-electron chi connectivity index (χ1n) is 7.06. The number of rotatable bonds is 6. The molecule has 0 aliphatic rings. The van der Waals surface area contributed by atoms with Crippen molar-refractivity contribution >= 4 is 11.4 Å². The van der Waals surface area contributed by atoms with Gasteiger partial charge in [-0.25, -0.2) is 0 Å². The molecule has 0 aliphatic carbocycles. The van der Waals surface area contributed by atoms with Crippen LogP contribution < -0.4 is 15.8 Å². The lowest BCUT2D eigenvalue weighted by molar-refractivity contribution is 0.224. The van der Waals surface area contributed by atoms with Crippen molar-refractivity contribution < 1.29 is 9.84 Å². The molecule has 2 aromatic rings. The van der Waals surface area contributed by atoms with Crippen LogP contribution in [0.3, 0.4) is 0 Å². The molecule has 2 rings (SSSR count). The highest BCUT2D eigenvalue weighted by molar-refractivity contribution is 5.73. The molecule has 0 saturated heterocycles. The number of benzene rings is 2. The van der Waals surface area contributed by atoms with Crippen molar-refractivity contribution in [1.82, 2.24) is 0 Å². The number of nitrogen functional groups attached to an aromatic ring is 1. The average molecular weight is 286 g/mol. The summed E-state index contributed by atoms with van der Waals surface area (Å²) < 4.78 is 5.50. The molecule has 0 aromatic heterocycles. The van der Waals surface area contributed by atoms with Crippen molar-refractivity contribution in [2.45, 2.75) is 19.4 Å². The second-order valence-electron chi connectivity index (χ2n) is 5.13. The summed E-state index contributed by atoms with van der Waals surface area (Å²) in [5.74, 6) is 0.649. The Hall–Kier alpha value is -2.20. The van der Waals surface area contributed by atoms with Crippen LogP contribution in [0.25, 0.3) is 0 Å². The first-order chi connectivity index (χ1) is 10.1. The van der Waals surface area contributed by atoms with Gasteiger partial charge in [0.1, 0.15) is 5.75 Å². The van der Waals surface area contributed by atoms with Crippen molar-refractivity contribution in [3.8, 4) is 5.75 Å². The van der Waals surface area contributed by atoms with Gasteiger partial charge in [0.05, 0.1) is 30.1 Å². The van der Waals surface area contributed by atoms with Gasteiger partial charge in [-0.2, -0.15) is 0 Å². The zero-order chi connectivity index (χ0) is 15.3. The summed E-state index contributed by atoms with van der Waals surface area (Å²) in [6.45, 7) is 4.37. The van der Waals surface area contributed by atoms with E-state index in [2.05, 4.69) is 5.32 Å². The highest BCUT2D eigenvalue weighted by Gasteiger charge is 2.26. The largest absolute Gasteiger partial charge is 0.492 e. The van der Waals surface area contributed by atoms with Crippen LogP contribution in [0.2, 0.25) is 0 Å². The molecule has 0 radical (unpaired) electrons. The van der Waals surface area contributed by atoms with E-state index in [1.807, 2.05) is 62.4 Å². The van der Waals surface area contributed by atoms with Crippen molar-refractivity contribution in [3.05, 3.63) is 54.1 Å². The van der Waals surface area contributed by atoms with Crippen LogP contribution in [0.15, 0.2) is 48.5 Å². The summed E-state index contributed by atoms with van der Waals surface area (Å²) in [6.07, 6.45) is 0. The first kappa shape index (κ1) is 15.2. The Morgan fingerprint density at radius 1 is 1.14 bits per heavy atom. The van der Waals surface area contributed by atoms with E-state index < -0.39 is 5.54 Å². The molecule has 4 N–H and O–H groups in total. The van der Waals surface area contributed by atoms with Gasteiger partial charge in [-0.05, 0) is 31.5 Å². The molecule has 1 atom stereocenters. The first-order valence-corrected chi connectivity index (χ1v) is 7.06. The Bertz CT molecular complexity index is 587. The van der Waals surface area contributed by atoms with Crippen molar-refractivity contribution in [2.24, 2.45) is 0 Å². The van der Waals surface area contributed by atoms with Crippen molar-refractivity contribution in [3.63, 3.8) is 0 Å². The van der Waals surface area contributed by atoms with E-state index in [9.17, 15) is 5.11 Å². The number of hydrogen-bond donors (Lipinski definition) is 3. The van der Waals surface area contributed by atoms with E-state index in [-0.39, 0.29) is 6.61 Å². The van der Waals surface area contributed by atoms with Crippen LogP contribution in [0.4, 0.5) is 11.4 Å². The van der Waals surface area contributed by atoms with Gasteiger partial charge in [-0.3, -0.25) is 0 Å². The molecule has 0 bridgehead atoms. The highest BCUT2D eigenvalue weighted by atomic mass is 16.5.